The molecular formula is C13H15ClN2O2. The Morgan fingerprint density at radius 1 is 1.44 bits per heavy atom. The molecule has 0 aliphatic rings. The molecule has 1 aromatic heterocycles. The van der Waals surface area contributed by atoms with E-state index in [1.54, 1.807) is 13.2 Å². The third-order valence-corrected chi connectivity index (χ3v) is 2.86. The van der Waals surface area contributed by atoms with Crippen molar-refractivity contribution in [2.75, 3.05) is 19.0 Å². The molecule has 4 nitrogen and oxygen atoms in total. The number of aromatic nitrogens is 1. The maximum atomic E-state index is 9.08. The lowest BCUT2D eigenvalue weighted by Crippen LogP contribution is -2.20. The molecular weight excluding hydrogens is 252 g/mol. The largest absolute Gasteiger partial charge is 0.497 e. The lowest BCUT2D eigenvalue weighted by molar-refractivity contribution is 0.281. The van der Waals surface area contributed by atoms with E-state index in [2.05, 4.69) is 10.3 Å². The van der Waals surface area contributed by atoms with E-state index in [1.165, 1.54) is 0 Å². The lowest BCUT2D eigenvalue weighted by atomic mass is 10.1. The molecule has 1 heterocycles. The summed E-state index contributed by atoms with van der Waals surface area (Å²) in [6, 6.07) is 7.39. The molecule has 0 radical (unpaired) electrons. The standard InChI is InChI=1S/C13H15ClN2O2/c1-8(7-17)15-13-11-4-3-10(18-2)5-9(11)6-12(14)16-13/h3-6,8,17H,7H2,1-2H3,(H,15,16). The zero-order valence-corrected chi connectivity index (χ0v) is 11.0. The maximum Gasteiger partial charge on any atom is 0.135 e. The second kappa shape index (κ2) is 5.42. The maximum absolute atomic E-state index is 9.08. The summed E-state index contributed by atoms with van der Waals surface area (Å²) in [4.78, 5) is 4.25. The number of benzene rings is 1. The quantitative estimate of drug-likeness (QED) is 0.836. The van der Waals surface area contributed by atoms with Gasteiger partial charge in [0.05, 0.1) is 13.7 Å². The highest BCUT2D eigenvalue weighted by Crippen LogP contribution is 2.28. The molecule has 5 heteroatoms. The second-order valence-electron chi connectivity index (χ2n) is 4.11. The van der Waals surface area contributed by atoms with Gasteiger partial charge in [-0.2, -0.15) is 0 Å². The second-order valence-corrected chi connectivity index (χ2v) is 4.50. The van der Waals surface area contributed by atoms with Crippen LogP contribution in [0.15, 0.2) is 24.3 Å². The van der Waals surface area contributed by atoms with Crippen molar-refractivity contribution in [1.82, 2.24) is 4.98 Å². The van der Waals surface area contributed by atoms with Crippen LogP contribution in [0.5, 0.6) is 5.75 Å². The number of nitrogens with one attached hydrogen (secondary N) is 1. The van der Waals surface area contributed by atoms with Crippen molar-refractivity contribution in [2.24, 2.45) is 0 Å². The third-order valence-electron chi connectivity index (χ3n) is 2.66. The summed E-state index contributed by atoms with van der Waals surface area (Å²) in [6.45, 7) is 1.91. The molecule has 1 atom stereocenters. The van der Waals surface area contributed by atoms with Crippen molar-refractivity contribution in [3.8, 4) is 5.75 Å². The molecule has 96 valence electrons. The van der Waals surface area contributed by atoms with Gasteiger partial charge in [-0.25, -0.2) is 4.98 Å². The minimum Gasteiger partial charge on any atom is -0.497 e. The number of fused-ring (bicyclic) bond motifs is 1. The van der Waals surface area contributed by atoms with Crippen LogP contribution in [0.1, 0.15) is 6.92 Å². The summed E-state index contributed by atoms with van der Waals surface area (Å²) in [5.41, 5.74) is 0. The Labute approximate surface area is 111 Å². The number of ether oxygens (including phenoxy) is 1. The van der Waals surface area contributed by atoms with E-state index in [0.717, 1.165) is 16.5 Å². The number of aliphatic hydroxyl groups excluding tert-OH is 1. The van der Waals surface area contributed by atoms with Crippen molar-refractivity contribution >= 4 is 28.2 Å². The van der Waals surface area contributed by atoms with Gasteiger partial charge in [-0.3, -0.25) is 0 Å². The highest BCUT2D eigenvalue weighted by atomic mass is 35.5. The summed E-state index contributed by atoms with van der Waals surface area (Å²) in [7, 11) is 1.62. The summed E-state index contributed by atoms with van der Waals surface area (Å²) < 4.78 is 5.18. The predicted octanol–water partition coefficient (Wildman–Crippen LogP) is 2.69. The van der Waals surface area contributed by atoms with Crippen molar-refractivity contribution in [3.05, 3.63) is 29.4 Å². The topological polar surface area (TPSA) is 54.4 Å². The molecule has 0 aliphatic heterocycles. The number of anilines is 1. The van der Waals surface area contributed by atoms with Crippen molar-refractivity contribution in [3.63, 3.8) is 0 Å². The molecule has 0 saturated heterocycles. The van der Waals surface area contributed by atoms with Gasteiger partial charge in [-0.15, -0.1) is 0 Å². The van der Waals surface area contributed by atoms with E-state index in [9.17, 15) is 0 Å². The van der Waals surface area contributed by atoms with E-state index in [0.29, 0.717) is 11.0 Å². The zero-order chi connectivity index (χ0) is 13.1. The van der Waals surface area contributed by atoms with E-state index in [1.807, 2.05) is 25.1 Å². The fourth-order valence-corrected chi connectivity index (χ4v) is 1.92. The molecule has 2 rings (SSSR count). The molecule has 0 bridgehead atoms. The molecule has 0 fully saturated rings. The van der Waals surface area contributed by atoms with Crippen LogP contribution in [-0.2, 0) is 0 Å². The molecule has 2 aromatic rings. The van der Waals surface area contributed by atoms with Gasteiger partial charge < -0.3 is 15.2 Å². The Kier molecular flexibility index (Phi) is 3.89. The van der Waals surface area contributed by atoms with E-state index in [-0.39, 0.29) is 12.6 Å². The average molecular weight is 267 g/mol. The monoisotopic (exact) mass is 266 g/mol. The number of nitrogens with zero attached hydrogens (tertiary/aromatic N) is 1. The Bertz CT molecular complexity index is 560. The van der Waals surface area contributed by atoms with Crippen LogP contribution >= 0.6 is 11.6 Å². The van der Waals surface area contributed by atoms with E-state index < -0.39 is 0 Å². The number of hydrogen-bond acceptors (Lipinski definition) is 4. The van der Waals surface area contributed by atoms with E-state index in [4.69, 9.17) is 21.4 Å². The van der Waals surface area contributed by atoms with Gasteiger partial charge >= 0.3 is 0 Å². The van der Waals surface area contributed by atoms with Crippen molar-refractivity contribution < 1.29 is 9.84 Å². The van der Waals surface area contributed by atoms with Gasteiger partial charge in [0.1, 0.15) is 16.7 Å². The van der Waals surface area contributed by atoms with Crippen molar-refractivity contribution in [2.45, 2.75) is 13.0 Å². The number of halogens is 1. The minimum absolute atomic E-state index is 0.0336. The first kappa shape index (κ1) is 12.9. The average Bonchev–Trinajstić information content (AvgIpc) is 2.37. The van der Waals surface area contributed by atoms with Gasteiger partial charge in [0.25, 0.3) is 0 Å². The van der Waals surface area contributed by atoms with Crippen LogP contribution in [-0.4, -0.2) is 29.8 Å². The molecule has 0 saturated carbocycles. The first-order valence-electron chi connectivity index (χ1n) is 5.65. The smallest absolute Gasteiger partial charge is 0.135 e. The number of rotatable bonds is 4. The molecule has 0 spiro atoms. The summed E-state index contributed by atoms with van der Waals surface area (Å²) >= 11 is 5.99. The number of pyridine rings is 1. The van der Waals surface area contributed by atoms with Crippen LogP contribution in [0.25, 0.3) is 10.8 Å². The summed E-state index contributed by atoms with van der Waals surface area (Å²) in [5.74, 6) is 1.44. The highest BCUT2D eigenvalue weighted by Gasteiger charge is 2.08. The molecule has 0 amide bonds. The minimum atomic E-state index is -0.0822. The summed E-state index contributed by atoms with van der Waals surface area (Å²) in [5, 5.41) is 14.5. The van der Waals surface area contributed by atoms with Gasteiger partial charge in [0, 0.05) is 11.4 Å². The van der Waals surface area contributed by atoms with Crippen LogP contribution in [0.2, 0.25) is 5.15 Å². The SMILES string of the molecule is COc1ccc2c(NC(C)CO)nc(Cl)cc2c1. The van der Waals surface area contributed by atoms with Crippen LogP contribution in [0.4, 0.5) is 5.82 Å². The van der Waals surface area contributed by atoms with Gasteiger partial charge in [-0.05, 0) is 36.6 Å². The van der Waals surface area contributed by atoms with Gasteiger partial charge in [-0.1, -0.05) is 11.6 Å². The van der Waals surface area contributed by atoms with Crippen LogP contribution in [0, 0.1) is 0 Å². The Morgan fingerprint density at radius 3 is 2.89 bits per heavy atom. The normalized spacial score (nSPS) is 12.4. The molecule has 1 unspecified atom stereocenters. The third kappa shape index (κ3) is 2.66. The number of hydrogen-bond donors (Lipinski definition) is 2. The lowest BCUT2D eigenvalue weighted by Gasteiger charge is -2.14. The molecule has 0 aliphatic carbocycles. The van der Waals surface area contributed by atoms with Crippen LogP contribution < -0.4 is 10.1 Å². The number of methoxy groups -OCH3 is 1. The first-order valence-corrected chi connectivity index (χ1v) is 6.03. The predicted molar refractivity (Wildman–Crippen MR) is 73.5 cm³/mol. The molecule has 18 heavy (non-hydrogen) atoms. The highest BCUT2D eigenvalue weighted by molar-refractivity contribution is 6.30. The summed E-state index contributed by atoms with van der Waals surface area (Å²) in [6.07, 6.45) is 0. The fraction of sp³-hybridized carbons (Fsp3) is 0.308. The Balaban J connectivity index is 2.51. The number of aliphatic hydroxyl groups is 1. The Hall–Kier alpha value is -1.52. The first-order chi connectivity index (χ1) is 8.63. The fourth-order valence-electron chi connectivity index (χ4n) is 1.72. The van der Waals surface area contributed by atoms with Gasteiger partial charge in [0.15, 0.2) is 0 Å². The molecule has 2 N–H and O–H groups in total. The molecule has 1 aromatic carbocycles. The zero-order valence-electron chi connectivity index (χ0n) is 10.3. The van der Waals surface area contributed by atoms with Gasteiger partial charge in [0.2, 0.25) is 0 Å². The van der Waals surface area contributed by atoms with E-state index >= 15 is 0 Å². The van der Waals surface area contributed by atoms with Crippen LogP contribution in [0.3, 0.4) is 0 Å². The Morgan fingerprint density at radius 2 is 2.22 bits per heavy atom. The van der Waals surface area contributed by atoms with Crippen molar-refractivity contribution in [1.29, 1.82) is 0 Å².